The van der Waals surface area contributed by atoms with Gasteiger partial charge in [-0.25, -0.2) is 0 Å². The van der Waals surface area contributed by atoms with Crippen LogP contribution in [-0.4, -0.2) is 43.4 Å². The maximum atomic E-state index is 12.8. The van der Waals surface area contributed by atoms with E-state index in [1.807, 2.05) is 49.6 Å². The lowest BCUT2D eigenvalue weighted by atomic mass is 10.1. The fraction of sp³-hybridized carbons (Fsp3) is 0.409. The van der Waals surface area contributed by atoms with Crippen LogP contribution in [0.5, 0.6) is 0 Å². The van der Waals surface area contributed by atoms with Crippen LogP contribution < -0.4 is 5.32 Å². The molecule has 1 amide bonds. The SMILES string of the molecule is Cc1ccccc1-c1nnn(CC(=O)Nc2c(C#N)c(C)c(C)n2C[C@H]2CCCO2)n1. The van der Waals surface area contributed by atoms with Gasteiger partial charge in [0, 0.05) is 17.9 Å². The monoisotopic (exact) mass is 419 g/mol. The first-order chi connectivity index (χ1) is 15.0. The van der Waals surface area contributed by atoms with Crippen LogP contribution >= 0.6 is 0 Å². The van der Waals surface area contributed by atoms with Gasteiger partial charge in [-0.05, 0) is 50.0 Å². The van der Waals surface area contributed by atoms with E-state index in [4.69, 9.17) is 4.74 Å². The Morgan fingerprint density at radius 1 is 1.32 bits per heavy atom. The second-order valence-corrected chi connectivity index (χ2v) is 7.80. The molecule has 3 aromatic rings. The van der Waals surface area contributed by atoms with Crippen molar-refractivity contribution in [2.75, 3.05) is 11.9 Å². The summed E-state index contributed by atoms with van der Waals surface area (Å²) in [4.78, 5) is 14.0. The number of carbonyl (C=O) groups is 1. The van der Waals surface area contributed by atoms with Crippen LogP contribution in [0.3, 0.4) is 0 Å². The molecule has 1 aromatic carbocycles. The van der Waals surface area contributed by atoms with Gasteiger partial charge in [0.2, 0.25) is 11.7 Å². The van der Waals surface area contributed by atoms with Gasteiger partial charge in [0.1, 0.15) is 18.4 Å². The van der Waals surface area contributed by atoms with E-state index < -0.39 is 0 Å². The quantitative estimate of drug-likeness (QED) is 0.658. The molecule has 9 nitrogen and oxygen atoms in total. The van der Waals surface area contributed by atoms with Gasteiger partial charge in [-0.15, -0.1) is 10.2 Å². The zero-order valence-corrected chi connectivity index (χ0v) is 17.9. The van der Waals surface area contributed by atoms with E-state index in [9.17, 15) is 10.1 Å². The maximum absolute atomic E-state index is 12.8. The fourth-order valence-electron chi connectivity index (χ4n) is 3.89. The van der Waals surface area contributed by atoms with Crippen molar-refractivity contribution in [3.8, 4) is 17.5 Å². The first kappa shape index (κ1) is 20.8. The van der Waals surface area contributed by atoms with Crippen molar-refractivity contribution in [2.45, 2.75) is 52.8 Å². The lowest BCUT2D eigenvalue weighted by Crippen LogP contribution is -2.24. The number of ether oxygens (including phenoxy) is 1. The van der Waals surface area contributed by atoms with Gasteiger partial charge in [0.15, 0.2) is 0 Å². The molecule has 0 saturated carbocycles. The van der Waals surface area contributed by atoms with Crippen molar-refractivity contribution in [2.24, 2.45) is 0 Å². The van der Waals surface area contributed by atoms with Gasteiger partial charge in [0.25, 0.3) is 0 Å². The number of hydrogen-bond donors (Lipinski definition) is 1. The number of nitriles is 1. The summed E-state index contributed by atoms with van der Waals surface area (Å²) in [5, 5.41) is 25.0. The Kier molecular flexibility index (Phi) is 5.82. The Morgan fingerprint density at radius 2 is 2.13 bits per heavy atom. The highest BCUT2D eigenvalue weighted by Crippen LogP contribution is 2.28. The zero-order valence-electron chi connectivity index (χ0n) is 17.9. The average Bonchev–Trinajstić information content (AvgIpc) is 3.47. The third kappa shape index (κ3) is 4.20. The Hall–Kier alpha value is -3.51. The Balaban J connectivity index is 1.53. The van der Waals surface area contributed by atoms with E-state index in [0.29, 0.717) is 23.8 Å². The van der Waals surface area contributed by atoms with Crippen molar-refractivity contribution in [3.63, 3.8) is 0 Å². The minimum atomic E-state index is -0.323. The summed E-state index contributed by atoms with van der Waals surface area (Å²) in [5.41, 5.74) is 4.18. The predicted molar refractivity (Wildman–Crippen MR) is 114 cm³/mol. The summed E-state index contributed by atoms with van der Waals surface area (Å²) >= 11 is 0. The molecule has 0 aliphatic carbocycles. The maximum Gasteiger partial charge on any atom is 0.249 e. The minimum Gasteiger partial charge on any atom is -0.376 e. The van der Waals surface area contributed by atoms with Crippen molar-refractivity contribution in [1.82, 2.24) is 24.8 Å². The molecule has 0 bridgehead atoms. The van der Waals surface area contributed by atoms with Gasteiger partial charge in [-0.1, -0.05) is 24.3 Å². The molecule has 3 heterocycles. The lowest BCUT2D eigenvalue weighted by Gasteiger charge is -2.16. The highest BCUT2D eigenvalue weighted by molar-refractivity contribution is 5.91. The van der Waals surface area contributed by atoms with Crippen LogP contribution in [0.15, 0.2) is 24.3 Å². The number of amides is 1. The number of nitrogens with zero attached hydrogens (tertiary/aromatic N) is 6. The largest absolute Gasteiger partial charge is 0.376 e. The van der Waals surface area contributed by atoms with Gasteiger partial charge in [-0.3, -0.25) is 4.79 Å². The Bertz CT molecular complexity index is 1150. The average molecular weight is 419 g/mol. The summed E-state index contributed by atoms with van der Waals surface area (Å²) in [6.07, 6.45) is 2.08. The van der Waals surface area contributed by atoms with Crippen LogP contribution in [0.1, 0.15) is 35.2 Å². The highest BCUT2D eigenvalue weighted by Gasteiger charge is 2.24. The van der Waals surface area contributed by atoms with Crippen LogP contribution in [0.25, 0.3) is 11.4 Å². The molecule has 1 saturated heterocycles. The van der Waals surface area contributed by atoms with E-state index in [-0.39, 0.29) is 18.6 Å². The molecule has 1 fully saturated rings. The third-order valence-electron chi connectivity index (χ3n) is 5.73. The van der Waals surface area contributed by atoms with E-state index >= 15 is 0 Å². The number of nitrogens with one attached hydrogen (secondary N) is 1. The number of carbonyl (C=O) groups excluding carboxylic acids is 1. The number of anilines is 1. The summed E-state index contributed by atoms with van der Waals surface area (Å²) in [6, 6.07) is 9.96. The first-order valence-electron chi connectivity index (χ1n) is 10.3. The van der Waals surface area contributed by atoms with Crippen LogP contribution in [0.2, 0.25) is 0 Å². The van der Waals surface area contributed by atoms with Gasteiger partial charge < -0.3 is 14.6 Å². The summed E-state index contributed by atoms with van der Waals surface area (Å²) in [7, 11) is 0. The number of hydrogen-bond acceptors (Lipinski definition) is 6. The third-order valence-corrected chi connectivity index (χ3v) is 5.73. The van der Waals surface area contributed by atoms with Crippen molar-refractivity contribution in [1.29, 1.82) is 5.26 Å². The van der Waals surface area contributed by atoms with Crippen LogP contribution in [-0.2, 0) is 22.6 Å². The highest BCUT2D eigenvalue weighted by atomic mass is 16.5. The second kappa shape index (κ2) is 8.70. The molecule has 1 atom stereocenters. The van der Waals surface area contributed by atoms with Crippen molar-refractivity contribution < 1.29 is 9.53 Å². The lowest BCUT2D eigenvalue weighted by molar-refractivity contribution is -0.117. The molecule has 4 rings (SSSR count). The van der Waals surface area contributed by atoms with Crippen LogP contribution in [0, 0.1) is 32.1 Å². The molecule has 1 aliphatic heterocycles. The van der Waals surface area contributed by atoms with E-state index in [2.05, 4.69) is 26.8 Å². The normalized spacial score (nSPS) is 15.7. The molecule has 0 unspecified atom stereocenters. The van der Waals surface area contributed by atoms with Crippen molar-refractivity contribution >= 4 is 11.7 Å². The standard InChI is InChI=1S/C22H25N7O2/c1-14-7-4-5-9-18(14)21-25-27-29(26-21)13-20(30)24-22-19(11-23)15(2)16(3)28(22)12-17-8-6-10-31-17/h4-5,7,9,17H,6,8,10,12-13H2,1-3H3,(H,24,30)/t17-/m1/s1. The molecule has 0 radical (unpaired) electrons. The van der Waals surface area contributed by atoms with Crippen LogP contribution in [0.4, 0.5) is 5.82 Å². The molecule has 31 heavy (non-hydrogen) atoms. The van der Waals surface area contributed by atoms with E-state index in [1.165, 1.54) is 4.80 Å². The molecule has 9 heteroatoms. The predicted octanol–water partition coefficient (Wildman–Crippen LogP) is 2.76. The van der Waals surface area contributed by atoms with Gasteiger partial charge in [0.05, 0.1) is 18.2 Å². The number of benzene rings is 1. The first-order valence-corrected chi connectivity index (χ1v) is 10.3. The van der Waals surface area contributed by atoms with Gasteiger partial charge >= 0.3 is 0 Å². The number of aryl methyl sites for hydroxylation is 1. The zero-order chi connectivity index (χ0) is 22.0. The molecule has 2 aromatic heterocycles. The second-order valence-electron chi connectivity index (χ2n) is 7.80. The molecular weight excluding hydrogens is 394 g/mol. The molecule has 0 spiro atoms. The summed E-state index contributed by atoms with van der Waals surface area (Å²) in [6.45, 7) is 7.06. The minimum absolute atomic E-state index is 0.0846. The number of aromatic nitrogens is 5. The molecule has 1 aliphatic rings. The number of rotatable bonds is 6. The molecule has 1 N–H and O–H groups in total. The smallest absolute Gasteiger partial charge is 0.249 e. The summed E-state index contributed by atoms with van der Waals surface area (Å²) < 4.78 is 7.72. The van der Waals surface area contributed by atoms with E-state index in [1.54, 1.807) is 0 Å². The Morgan fingerprint density at radius 3 is 2.84 bits per heavy atom. The van der Waals surface area contributed by atoms with E-state index in [0.717, 1.165) is 41.8 Å². The Labute approximate surface area is 180 Å². The summed E-state index contributed by atoms with van der Waals surface area (Å²) in [5.74, 6) is 0.644. The van der Waals surface area contributed by atoms with Crippen molar-refractivity contribution in [3.05, 3.63) is 46.6 Å². The topological polar surface area (TPSA) is 111 Å². The fourth-order valence-corrected chi connectivity index (χ4v) is 3.89. The van der Waals surface area contributed by atoms with Gasteiger partial charge in [-0.2, -0.15) is 10.1 Å². The molecule has 160 valence electrons. The number of tetrazole rings is 1. The molecular formula is C22H25N7O2.